The van der Waals surface area contributed by atoms with E-state index in [2.05, 4.69) is 10.3 Å². The number of pyridine rings is 1. The topological polar surface area (TPSA) is 75.4 Å². The van der Waals surface area contributed by atoms with Gasteiger partial charge in [-0.15, -0.1) is 0 Å². The van der Waals surface area contributed by atoms with Crippen LogP contribution in [-0.2, 0) is 6.42 Å². The molecule has 0 fully saturated rings. The van der Waals surface area contributed by atoms with Crippen molar-refractivity contribution in [2.45, 2.75) is 6.42 Å². The Bertz CT molecular complexity index is 801. The highest BCUT2D eigenvalue weighted by Gasteiger charge is 2.13. The molecule has 0 aliphatic carbocycles. The van der Waals surface area contributed by atoms with E-state index in [0.717, 1.165) is 16.8 Å². The van der Waals surface area contributed by atoms with Crippen molar-refractivity contribution in [3.8, 4) is 11.1 Å². The summed E-state index contributed by atoms with van der Waals surface area (Å²) in [6.45, 7) is 0.383. The van der Waals surface area contributed by atoms with Gasteiger partial charge in [-0.25, -0.2) is 0 Å². The number of hydrogen-bond acceptors (Lipinski definition) is 4. The van der Waals surface area contributed by atoms with Crippen molar-refractivity contribution in [3.63, 3.8) is 0 Å². The molecule has 1 atom stereocenters. The second-order valence-electron chi connectivity index (χ2n) is 5.88. The molecule has 3 rings (SSSR count). The summed E-state index contributed by atoms with van der Waals surface area (Å²) in [6, 6.07) is 14.9. The second kappa shape index (κ2) is 8.26. The van der Waals surface area contributed by atoms with Gasteiger partial charge in [-0.3, -0.25) is 9.78 Å². The van der Waals surface area contributed by atoms with Crippen molar-refractivity contribution in [2.75, 3.05) is 13.2 Å². The first-order valence-corrected chi connectivity index (χ1v) is 8.18. The fourth-order valence-electron chi connectivity index (χ4n) is 2.62. The minimum Gasteiger partial charge on any atom is -0.472 e. The molecule has 128 valence electrons. The van der Waals surface area contributed by atoms with E-state index in [0.29, 0.717) is 18.5 Å². The zero-order chi connectivity index (χ0) is 17.5. The number of hydrogen-bond donors (Lipinski definition) is 2. The van der Waals surface area contributed by atoms with E-state index in [4.69, 9.17) is 4.42 Å². The zero-order valence-electron chi connectivity index (χ0n) is 13.8. The Morgan fingerprint density at radius 3 is 2.80 bits per heavy atom. The molecular formula is C20H20N2O3. The van der Waals surface area contributed by atoms with Gasteiger partial charge in [0.15, 0.2) is 0 Å². The van der Waals surface area contributed by atoms with Gasteiger partial charge in [0.05, 0.1) is 12.5 Å². The molecule has 0 saturated heterocycles. The summed E-state index contributed by atoms with van der Waals surface area (Å²) in [4.78, 5) is 16.7. The molecule has 5 nitrogen and oxygen atoms in total. The van der Waals surface area contributed by atoms with Crippen molar-refractivity contribution >= 4 is 5.91 Å². The first-order valence-electron chi connectivity index (χ1n) is 8.18. The highest BCUT2D eigenvalue weighted by atomic mass is 16.3. The Balaban J connectivity index is 1.61. The molecule has 25 heavy (non-hydrogen) atoms. The normalized spacial score (nSPS) is 11.9. The third-order valence-corrected chi connectivity index (χ3v) is 4.01. The van der Waals surface area contributed by atoms with Crippen LogP contribution in [0, 0.1) is 5.92 Å². The van der Waals surface area contributed by atoms with Crippen LogP contribution in [0.3, 0.4) is 0 Å². The monoisotopic (exact) mass is 336 g/mol. The predicted molar refractivity (Wildman–Crippen MR) is 95.0 cm³/mol. The number of rotatable bonds is 7. The molecule has 2 aromatic heterocycles. The smallest absolute Gasteiger partial charge is 0.251 e. The van der Waals surface area contributed by atoms with Gasteiger partial charge >= 0.3 is 0 Å². The Morgan fingerprint density at radius 1 is 1.16 bits per heavy atom. The largest absolute Gasteiger partial charge is 0.472 e. The highest BCUT2D eigenvalue weighted by molar-refractivity contribution is 5.95. The lowest BCUT2D eigenvalue weighted by atomic mass is 10.0. The summed E-state index contributed by atoms with van der Waals surface area (Å²) in [5, 5.41) is 12.4. The Hall–Kier alpha value is -2.92. The Kier molecular flexibility index (Phi) is 5.59. The van der Waals surface area contributed by atoms with Gasteiger partial charge in [0.2, 0.25) is 0 Å². The van der Waals surface area contributed by atoms with Gasteiger partial charge in [-0.05, 0) is 42.3 Å². The van der Waals surface area contributed by atoms with Crippen LogP contribution < -0.4 is 5.32 Å². The number of aliphatic hydroxyl groups is 1. The number of benzene rings is 1. The van der Waals surface area contributed by atoms with Crippen molar-refractivity contribution in [3.05, 3.63) is 78.5 Å². The molecule has 1 unspecified atom stereocenters. The number of carbonyl (C=O) groups excluding carboxylic acids is 1. The Morgan fingerprint density at radius 2 is 2.08 bits per heavy atom. The number of amides is 1. The van der Waals surface area contributed by atoms with Crippen LogP contribution in [0.1, 0.15) is 16.1 Å². The standard InChI is InChI=1S/C20H20N2O3/c23-13-15(10-19-6-1-2-8-21-19)12-22-20(24)17-5-3-4-16(11-17)18-7-9-25-14-18/h1-9,11,14-15,23H,10,12-13H2,(H,22,24). The SMILES string of the molecule is O=C(NCC(CO)Cc1ccccn1)c1cccc(-c2ccoc2)c1. The maximum Gasteiger partial charge on any atom is 0.251 e. The first kappa shape index (κ1) is 16.9. The summed E-state index contributed by atoms with van der Waals surface area (Å²) in [5.74, 6) is -0.235. The minimum atomic E-state index is -0.162. The van der Waals surface area contributed by atoms with E-state index in [9.17, 15) is 9.90 Å². The Labute approximate surface area is 146 Å². The zero-order valence-corrected chi connectivity index (χ0v) is 13.8. The van der Waals surface area contributed by atoms with Gasteiger partial charge in [-0.2, -0.15) is 0 Å². The van der Waals surface area contributed by atoms with Crippen LogP contribution >= 0.6 is 0 Å². The first-order chi connectivity index (χ1) is 12.3. The number of nitrogens with one attached hydrogen (secondary N) is 1. The predicted octanol–water partition coefficient (Wildman–Crippen LogP) is 2.92. The summed E-state index contributed by atoms with van der Waals surface area (Å²) in [7, 11) is 0. The molecule has 0 aliphatic heterocycles. The average molecular weight is 336 g/mol. The summed E-state index contributed by atoms with van der Waals surface area (Å²) >= 11 is 0. The van der Waals surface area contributed by atoms with E-state index in [1.807, 2.05) is 42.5 Å². The van der Waals surface area contributed by atoms with Gasteiger partial charge in [-0.1, -0.05) is 18.2 Å². The molecule has 0 radical (unpaired) electrons. The summed E-state index contributed by atoms with van der Waals surface area (Å²) in [5.41, 5.74) is 3.33. The second-order valence-corrected chi connectivity index (χ2v) is 5.88. The van der Waals surface area contributed by atoms with Crippen LogP contribution in [0.5, 0.6) is 0 Å². The molecule has 2 N–H and O–H groups in total. The maximum atomic E-state index is 12.4. The quantitative estimate of drug-likeness (QED) is 0.695. The van der Waals surface area contributed by atoms with E-state index < -0.39 is 0 Å². The molecule has 0 aliphatic rings. The average Bonchev–Trinajstić information content (AvgIpc) is 3.20. The van der Waals surface area contributed by atoms with Crippen LogP contribution in [0.4, 0.5) is 0 Å². The van der Waals surface area contributed by atoms with Crippen molar-refractivity contribution in [1.82, 2.24) is 10.3 Å². The molecule has 0 spiro atoms. The van der Waals surface area contributed by atoms with Crippen molar-refractivity contribution in [1.29, 1.82) is 0 Å². The van der Waals surface area contributed by atoms with Crippen molar-refractivity contribution < 1.29 is 14.3 Å². The van der Waals surface area contributed by atoms with E-state index >= 15 is 0 Å². The maximum absolute atomic E-state index is 12.4. The summed E-state index contributed by atoms with van der Waals surface area (Å²) < 4.78 is 5.09. The molecule has 0 saturated carbocycles. The molecule has 0 bridgehead atoms. The van der Waals surface area contributed by atoms with Crippen molar-refractivity contribution in [2.24, 2.45) is 5.92 Å². The fourth-order valence-corrected chi connectivity index (χ4v) is 2.62. The molecule has 3 aromatic rings. The third-order valence-electron chi connectivity index (χ3n) is 4.01. The minimum absolute atomic E-state index is 0.00802. The van der Waals surface area contributed by atoms with E-state index in [1.54, 1.807) is 24.8 Å². The fraction of sp³-hybridized carbons (Fsp3) is 0.200. The lowest BCUT2D eigenvalue weighted by Crippen LogP contribution is -2.32. The van der Waals surface area contributed by atoms with Gasteiger partial charge in [0.25, 0.3) is 5.91 Å². The van der Waals surface area contributed by atoms with Crippen LogP contribution in [0.15, 0.2) is 71.7 Å². The number of nitrogens with zero attached hydrogens (tertiary/aromatic N) is 1. The lowest BCUT2D eigenvalue weighted by Gasteiger charge is -2.15. The molecule has 1 aromatic carbocycles. The molecule has 1 amide bonds. The van der Waals surface area contributed by atoms with Gasteiger partial charge in [0, 0.05) is 42.1 Å². The summed E-state index contributed by atoms with van der Waals surface area (Å²) in [6.07, 6.45) is 5.59. The van der Waals surface area contributed by atoms with E-state index in [1.165, 1.54) is 0 Å². The van der Waals surface area contributed by atoms with Crippen LogP contribution in [0.2, 0.25) is 0 Å². The molecule has 5 heteroatoms. The molecular weight excluding hydrogens is 316 g/mol. The lowest BCUT2D eigenvalue weighted by molar-refractivity contribution is 0.0940. The van der Waals surface area contributed by atoms with Gasteiger partial charge < -0.3 is 14.8 Å². The highest BCUT2D eigenvalue weighted by Crippen LogP contribution is 2.20. The van der Waals surface area contributed by atoms with Crippen LogP contribution in [-0.4, -0.2) is 29.1 Å². The number of aromatic nitrogens is 1. The van der Waals surface area contributed by atoms with E-state index in [-0.39, 0.29) is 18.4 Å². The molecule has 2 heterocycles. The van der Waals surface area contributed by atoms with Crippen LogP contribution in [0.25, 0.3) is 11.1 Å². The van der Waals surface area contributed by atoms with Gasteiger partial charge in [0.1, 0.15) is 0 Å². The number of furan rings is 1. The number of carbonyl (C=O) groups is 1. The third kappa shape index (κ3) is 4.55. The number of aliphatic hydroxyl groups excluding tert-OH is 1.